The molecule has 101 heavy (non-hydrogen) atoms. The number of ether oxygens (including phenoxy) is 1. The van der Waals surface area contributed by atoms with Gasteiger partial charge in [-0.3, -0.25) is 62.3 Å². The SMILES string of the molecule is CC[C@@H]1NC(=O)[C@H]([C@H](O)[C@H](C)CCCCCCCCC(=O)c2cccc(COC=O)c2)N(C)C(=O)[C@H](C(C)C)N(C)C(=O)[C@H](CC(C)C)N(C)C(=O)[C@H](CC(C)C)N(C)C(=O)[C@@H](C)NC(=O)[C@H](C)NC(=O)[C@H](CC(C)C)N(C)C(=O)[C@H](C(C)C)NC(=O)[C@H](CC(C)C)N(C)C(=O)CN(C)C1=O. The Labute approximate surface area is 602 Å². The molecule has 0 saturated carbocycles. The van der Waals surface area contributed by atoms with Crippen LogP contribution in [0.25, 0.3) is 0 Å². The summed E-state index contributed by atoms with van der Waals surface area (Å²) < 4.78 is 4.84. The molecule has 26 heteroatoms. The van der Waals surface area contributed by atoms with Crippen LogP contribution >= 0.6 is 0 Å². The van der Waals surface area contributed by atoms with E-state index in [9.17, 15) is 48.3 Å². The molecule has 1 aromatic carbocycles. The first-order valence-corrected chi connectivity index (χ1v) is 36.5. The van der Waals surface area contributed by atoms with E-state index in [2.05, 4.69) is 21.3 Å². The van der Waals surface area contributed by atoms with Gasteiger partial charge in [-0.2, -0.15) is 0 Å². The number of benzene rings is 1. The zero-order valence-electron chi connectivity index (χ0n) is 65.2. The van der Waals surface area contributed by atoms with E-state index in [0.29, 0.717) is 43.3 Å². The Morgan fingerprint density at radius 3 is 1.50 bits per heavy atom. The highest BCUT2D eigenvalue weighted by molar-refractivity contribution is 6.00. The molecule has 0 unspecified atom stereocenters. The van der Waals surface area contributed by atoms with Gasteiger partial charge in [0.2, 0.25) is 65.0 Å². The van der Waals surface area contributed by atoms with Crippen molar-refractivity contribution < 1.29 is 72.2 Å². The van der Waals surface area contributed by atoms with Crippen molar-refractivity contribution in [3.05, 3.63) is 35.4 Å². The number of nitrogens with one attached hydrogen (secondary N) is 4. The number of carbonyl (C=O) groups is 13. The number of unbranched alkanes of at least 4 members (excludes halogenated alkanes) is 5. The number of hydrogen-bond acceptors (Lipinski definition) is 15. The number of ketones is 1. The topological polar surface area (TPSA) is 322 Å². The average molecular weight is 1420 g/mol. The van der Waals surface area contributed by atoms with Crippen molar-refractivity contribution in [2.75, 3.05) is 55.9 Å². The van der Waals surface area contributed by atoms with Crippen LogP contribution in [0.1, 0.15) is 210 Å². The maximum Gasteiger partial charge on any atom is 0.293 e. The molecule has 0 aromatic heterocycles. The summed E-state index contributed by atoms with van der Waals surface area (Å²) in [5.41, 5.74) is 1.26. The second-order valence-corrected chi connectivity index (χ2v) is 30.5. The second-order valence-electron chi connectivity index (χ2n) is 30.5. The van der Waals surface area contributed by atoms with Gasteiger partial charge >= 0.3 is 0 Å². The number of aliphatic hydroxyl groups is 1. The van der Waals surface area contributed by atoms with E-state index < -0.39 is 156 Å². The highest BCUT2D eigenvalue weighted by Crippen LogP contribution is 2.27. The number of Topliss-reactive ketones (excluding diaryl/α,β-unsaturated/α-hetero) is 1. The molecule has 0 bridgehead atoms. The molecule has 1 aliphatic heterocycles. The molecular weight excluding hydrogens is 1290 g/mol. The van der Waals surface area contributed by atoms with Crippen molar-refractivity contribution in [2.24, 2.45) is 41.4 Å². The van der Waals surface area contributed by atoms with E-state index in [1.54, 1.807) is 65.8 Å². The predicted molar refractivity (Wildman–Crippen MR) is 388 cm³/mol. The molecule has 5 N–H and O–H groups in total. The molecule has 0 radical (unpaired) electrons. The first-order chi connectivity index (χ1) is 47.1. The van der Waals surface area contributed by atoms with Gasteiger partial charge in [-0.15, -0.1) is 0 Å². The van der Waals surface area contributed by atoms with Crippen molar-refractivity contribution in [2.45, 2.75) is 267 Å². The zero-order chi connectivity index (χ0) is 77.2. The van der Waals surface area contributed by atoms with Crippen LogP contribution < -0.4 is 21.3 Å². The molecule has 11 amide bonds. The Morgan fingerprint density at radius 1 is 0.515 bits per heavy atom. The van der Waals surface area contributed by atoms with Gasteiger partial charge in [-0.05, 0) is 112 Å². The quantitative estimate of drug-likeness (QED) is 0.0405. The molecule has 0 aliphatic carbocycles. The van der Waals surface area contributed by atoms with Crippen LogP contribution in [-0.2, 0) is 68.9 Å². The van der Waals surface area contributed by atoms with E-state index in [-0.39, 0.29) is 68.2 Å². The standard InChI is InChI=1S/C75H127N11O15/c1-24-55-71(96)80(17)41-61(89)81(18)56(36-44(2)3)68(93)79-62(48(10)11)74(99)82(19)57(37-45(4)5)67(92)76-51(15)66(91)77-52(16)70(95)83(20)58(38-46(6)7)72(97)84(21)59(39-47(8)9)73(98)85(22)63(49(12)13)75(100)86(23)64(69(94)78-55)65(90)50(14)32-29-27-25-26-28-30-35-60(88)54-34-31-33-53(40-54)42-101-43-87/h31,33-34,40,43-52,55-59,62-65,90H,24-30,32,35-39,41-42H2,1-23H3,(H,76,92)(H,77,91)(H,78,94)(H,79,93)/t50-,51+,52-,55+,56+,57+,58+,59+,62+,63+,64+,65-/m1/s1. The first kappa shape index (κ1) is 89.6. The van der Waals surface area contributed by atoms with Crippen molar-refractivity contribution >= 4 is 77.2 Å². The summed E-state index contributed by atoms with van der Waals surface area (Å²) in [6.45, 7) is 27.9. The van der Waals surface area contributed by atoms with E-state index in [4.69, 9.17) is 4.74 Å². The van der Waals surface area contributed by atoms with E-state index in [1.165, 1.54) is 87.7 Å². The van der Waals surface area contributed by atoms with Gasteiger partial charge in [0.15, 0.2) is 5.78 Å². The average Bonchev–Trinajstić information content (AvgIpc) is 0.802. The maximum absolute atomic E-state index is 15.5. The fraction of sp³-hybridized carbons (Fsp3) is 0.747. The van der Waals surface area contributed by atoms with Gasteiger partial charge in [-0.1, -0.05) is 147 Å². The summed E-state index contributed by atoms with van der Waals surface area (Å²) in [5.74, 6) is -10.0. The van der Waals surface area contributed by atoms with Crippen LogP contribution in [0.15, 0.2) is 24.3 Å². The van der Waals surface area contributed by atoms with E-state index in [0.717, 1.165) is 35.5 Å². The highest BCUT2D eigenvalue weighted by Gasteiger charge is 2.46. The molecule has 572 valence electrons. The molecule has 1 fully saturated rings. The number of amides is 11. The number of hydrogen-bond donors (Lipinski definition) is 5. The molecule has 2 rings (SSSR count). The molecule has 1 heterocycles. The third-order valence-electron chi connectivity index (χ3n) is 19.2. The number of likely N-dealkylation sites (N-methyl/N-ethyl adjacent to an activating group) is 7. The van der Waals surface area contributed by atoms with Gasteiger partial charge in [0, 0.05) is 61.3 Å². The molecule has 26 nitrogen and oxygen atoms in total. The molecule has 0 spiro atoms. The van der Waals surface area contributed by atoms with Crippen molar-refractivity contribution in [1.29, 1.82) is 0 Å². The summed E-state index contributed by atoms with van der Waals surface area (Å²) in [5, 5.41) is 23.6. The number of aliphatic hydroxyl groups excluding tert-OH is 1. The summed E-state index contributed by atoms with van der Waals surface area (Å²) >= 11 is 0. The number of rotatable bonds is 26. The van der Waals surface area contributed by atoms with E-state index >= 15 is 19.2 Å². The first-order valence-electron chi connectivity index (χ1n) is 36.5. The Kier molecular flexibility index (Phi) is 38.0. The van der Waals surface area contributed by atoms with Gasteiger partial charge < -0.3 is 65.4 Å². The fourth-order valence-corrected chi connectivity index (χ4v) is 12.9. The lowest BCUT2D eigenvalue weighted by Gasteiger charge is -2.41. The van der Waals surface area contributed by atoms with Gasteiger partial charge in [-0.25, -0.2) is 0 Å². The summed E-state index contributed by atoms with van der Waals surface area (Å²) in [7, 11) is 9.91. The van der Waals surface area contributed by atoms with Gasteiger partial charge in [0.25, 0.3) is 6.47 Å². The number of carbonyl (C=O) groups excluding carboxylic acids is 13. The Bertz CT molecular complexity index is 2940. The summed E-state index contributed by atoms with van der Waals surface area (Å²) in [4.78, 5) is 194. The smallest absolute Gasteiger partial charge is 0.293 e. The van der Waals surface area contributed by atoms with Gasteiger partial charge in [0.05, 0.1) is 12.6 Å². The molecule has 1 aliphatic rings. The summed E-state index contributed by atoms with van der Waals surface area (Å²) in [6, 6.07) is -5.62. The molecule has 1 saturated heterocycles. The zero-order valence-corrected chi connectivity index (χ0v) is 65.2. The molecule has 12 atom stereocenters. The minimum Gasteiger partial charge on any atom is -0.463 e. The Hall–Kier alpha value is -7.51. The van der Waals surface area contributed by atoms with Crippen LogP contribution in [0.2, 0.25) is 0 Å². The largest absolute Gasteiger partial charge is 0.463 e. The fourth-order valence-electron chi connectivity index (χ4n) is 12.9. The van der Waals surface area contributed by atoms with Crippen molar-refractivity contribution in [3.8, 4) is 0 Å². The maximum atomic E-state index is 15.5. The lowest BCUT2D eigenvalue weighted by atomic mass is 9.90. The van der Waals surface area contributed by atoms with Crippen LogP contribution in [0.5, 0.6) is 0 Å². The minimum absolute atomic E-state index is 0.00423. The Balaban J connectivity index is 2.84. The second kappa shape index (κ2) is 42.8. The van der Waals surface area contributed by atoms with Crippen molar-refractivity contribution in [1.82, 2.24) is 55.6 Å². The molecular formula is C75H127N11O15. The third-order valence-corrected chi connectivity index (χ3v) is 19.2. The lowest BCUT2D eigenvalue weighted by molar-refractivity contribution is -0.157. The third kappa shape index (κ3) is 27.0. The van der Waals surface area contributed by atoms with Crippen LogP contribution in [0, 0.1) is 41.4 Å². The lowest BCUT2D eigenvalue weighted by Crippen LogP contribution is -2.63. The van der Waals surface area contributed by atoms with Crippen LogP contribution in [0.3, 0.4) is 0 Å². The highest BCUT2D eigenvalue weighted by atomic mass is 16.5. The molecule has 1 aromatic rings. The van der Waals surface area contributed by atoms with Crippen molar-refractivity contribution in [3.63, 3.8) is 0 Å². The normalized spacial score (nSPS) is 24.3. The monoisotopic (exact) mass is 1420 g/mol. The van der Waals surface area contributed by atoms with Gasteiger partial charge in [0.1, 0.15) is 67.0 Å². The Morgan fingerprint density at radius 2 is 0.980 bits per heavy atom. The van der Waals surface area contributed by atoms with E-state index in [1.807, 2.05) is 55.4 Å². The van der Waals surface area contributed by atoms with Crippen LogP contribution in [0.4, 0.5) is 0 Å². The predicted octanol–water partition coefficient (Wildman–Crippen LogP) is 5.98. The minimum atomic E-state index is -1.65. The summed E-state index contributed by atoms with van der Waals surface area (Å²) in [6.07, 6.45) is 4.24. The number of nitrogens with zero attached hydrogens (tertiary/aromatic N) is 7. The van der Waals surface area contributed by atoms with Crippen LogP contribution in [-0.4, -0.2) is 239 Å².